The lowest BCUT2D eigenvalue weighted by Gasteiger charge is -2.38. The summed E-state index contributed by atoms with van der Waals surface area (Å²) in [6.45, 7) is -0.850. The number of hydrogen-bond donors (Lipinski definition) is 1. The van der Waals surface area contributed by atoms with Crippen molar-refractivity contribution < 1.29 is 27.8 Å². The molecule has 9 heteroatoms. The first-order valence-electron chi connectivity index (χ1n) is 8.94. The molecule has 1 N–H and O–H groups in total. The van der Waals surface area contributed by atoms with Crippen molar-refractivity contribution in [1.29, 1.82) is 0 Å². The maximum atomic E-state index is 12.9. The minimum absolute atomic E-state index is 0.0207. The van der Waals surface area contributed by atoms with E-state index < -0.39 is 18.6 Å². The fraction of sp³-hybridized carbons (Fsp3) is 0.474. The Morgan fingerprint density at radius 1 is 1.32 bits per heavy atom. The molecule has 1 heterocycles. The molecular formula is C19H22F2N2O4S. The SMILES string of the molecule is COCCOC(=O)C1=C(C)N(C2CC2)C(=S)NC1c1ccccc1OC(F)F. The Hall–Kier alpha value is -2.26. The summed E-state index contributed by atoms with van der Waals surface area (Å²) in [7, 11) is 1.51. The van der Waals surface area contributed by atoms with Gasteiger partial charge < -0.3 is 24.4 Å². The first-order valence-corrected chi connectivity index (χ1v) is 9.35. The number of halogens is 2. The molecule has 0 amide bonds. The van der Waals surface area contributed by atoms with Gasteiger partial charge in [0, 0.05) is 24.4 Å². The summed E-state index contributed by atoms with van der Waals surface area (Å²) in [6.07, 6.45) is 1.95. The molecule has 1 aliphatic carbocycles. The van der Waals surface area contributed by atoms with E-state index in [-0.39, 0.29) is 25.0 Å². The predicted octanol–water partition coefficient (Wildman–Crippen LogP) is 3.15. The van der Waals surface area contributed by atoms with Gasteiger partial charge in [0.05, 0.1) is 18.2 Å². The van der Waals surface area contributed by atoms with Gasteiger partial charge in [0.25, 0.3) is 0 Å². The van der Waals surface area contributed by atoms with Gasteiger partial charge in [-0.1, -0.05) is 18.2 Å². The predicted molar refractivity (Wildman–Crippen MR) is 102 cm³/mol. The molecule has 1 unspecified atom stereocenters. The van der Waals surface area contributed by atoms with Gasteiger partial charge in [-0.25, -0.2) is 4.79 Å². The number of alkyl halides is 2. The quantitative estimate of drug-likeness (QED) is 0.400. The third-order valence-electron chi connectivity index (χ3n) is 4.63. The minimum atomic E-state index is -2.98. The van der Waals surface area contributed by atoms with E-state index in [9.17, 15) is 13.6 Å². The van der Waals surface area contributed by atoms with Crippen LogP contribution in [0.25, 0.3) is 0 Å². The average molecular weight is 412 g/mol. The van der Waals surface area contributed by atoms with Crippen LogP contribution in [0.3, 0.4) is 0 Å². The van der Waals surface area contributed by atoms with Crippen LogP contribution in [0.15, 0.2) is 35.5 Å². The van der Waals surface area contributed by atoms with Crippen LogP contribution in [0.2, 0.25) is 0 Å². The number of allylic oxidation sites excluding steroid dienone is 1. The number of hydrogen-bond acceptors (Lipinski definition) is 5. The van der Waals surface area contributed by atoms with E-state index in [1.54, 1.807) is 25.1 Å². The zero-order valence-corrected chi connectivity index (χ0v) is 16.4. The monoisotopic (exact) mass is 412 g/mol. The van der Waals surface area contributed by atoms with Gasteiger partial charge in [0.2, 0.25) is 0 Å². The lowest BCUT2D eigenvalue weighted by Crippen LogP contribution is -2.48. The zero-order valence-electron chi connectivity index (χ0n) is 15.6. The summed E-state index contributed by atoms with van der Waals surface area (Å²) >= 11 is 5.49. The summed E-state index contributed by atoms with van der Waals surface area (Å²) in [5, 5.41) is 3.56. The molecule has 1 aliphatic heterocycles. The van der Waals surface area contributed by atoms with Gasteiger partial charge in [0.1, 0.15) is 12.4 Å². The summed E-state index contributed by atoms with van der Waals surface area (Å²) in [6, 6.07) is 5.81. The number of rotatable bonds is 8. The van der Waals surface area contributed by atoms with Crippen LogP contribution in [0.1, 0.15) is 31.4 Å². The second-order valence-electron chi connectivity index (χ2n) is 6.53. The highest BCUT2D eigenvalue weighted by Gasteiger charge is 2.41. The van der Waals surface area contributed by atoms with Crippen molar-refractivity contribution in [3.05, 3.63) is 41.1 Å². The van der Waals surface area contributed by atoms with Gasteiger partial charge in [-0.2, -0.15) is 8.78 Å². The van der Waals surface area contributed by atoms with Crippen molar-refractivity contribution in [3.63, 3.8) is 0 Å². The number of methoxy groups -OCH3 is 1. The number of nitrogens with zero attached hydrogens (tertiary/aromatic N) is 1. The van der Waals surface area contributed by atoms with E-state index >= 15 is 0 Å². The van der Waals surface area contributed by atoms with E-state index in [0.29, 0.717) is 21.9 Å². The topological polar surface area (TPSA) is 60.0 Å². The highest BCUT2D eigenvalue weighted by atomic mass is 32.1. The number of benzene rings is 1. The maximum absolute atomic E-state index is 12.9. The fourth-order valence-electron chi connectivity index (χ4n) is 3.25. The van der Waals surface area contributed by atoms with Crippen LogP contribution in [0, 0.1) is 0 Å². The van der Waals surface area contributed by atoms with Crippen molar-refractivity contribution in [2.24, 2.45) is 0 Å². The summed E-state index contributed by atoms with van der Waals surface area (Å²) in [5.74, 6) is -0.570. The van der Waals surface area contributed by atoms with E-state index in [1.807, 2.05) is 4.90 Å². The Balaban J connectivity index is 2.01. The zero-order chi connectivity index (χ0) is 20.3. The molecule has 1 atom stereocenters. The lowest BCUT2D eigenvalue weighted by molar-refractivity contribution is -0.140. The Kier molecular flexibility index (Phi) is 6.46. The summed E-state index contributed by atoms with van der Waals surface area (Å²) in [5.41, 5.74) is 1.37. The lowest BCUT2D eigenvalue weighted by atomic mass is 9.94. The highest BCUT2D eigenvalue weighted by molar-refractivity contribution is 7.80. The molecule has 3 rings (SSSR count). The number of thiocarbonyl (C=S) groups is 1. The molecule has 2 aliphatic rings. The normalized spacial score (nSPS) is 19.7. The van der Waals surface area contributed by atoms with Crippen LogP contribution >= 0.6 is 12.2 Å². The number of para-hydroxylation sites is 1. The molecule has 0 radical (unpaired) electrons. The van der Waals surface area contributed by atoms with Gasteiger partial charge in [-0.05, 0) is 38.0 Å². The van der Waals surface area contributed by atoms with Gasteiger partial charge in [-0.15, -0.1) is 0 Å². The van der Waals surface area contributed by atoms with Crippen LogP contribution in [0.4, 0.5) is 8.78 Å². The molecular weight excluding hydrogens is 390 g/mol. The number of ether oxygens (including phenoxy) is 3. The first-order chi connectivity index (χ1) is 13.4. The maximum Gasteiger partial charge on any atom is 0.387 e. The van der Waals surface area contributed by atoms with Crippen molar-refractivity contribution >= 4 is 23.3 Å². The van der Waals surface area contributed by atoms with Crippen molar-refractivity contribution in [1.82, 2.24) is 10.2 Å². The average Bonchev–Trinajstić information content (AvgIpc) is 3.46. The number of carbonyl (C=O) groups is 1. The highest BCUT2D eigenvalue weighted by Crippen LogP contribution is 2.40. The third kappa shape index (κ3) is 4.41. The molecule has 1 aromatic rings. The van der Waals surface area contributed by atoms with E-state index in [2.05, 4.69) is 10.1 Å². The first kappa shape index (κ1) is 20.5. The fourth-order valence-corrected chi connectivity index (χ4v) is 3.65. The molecule has 1 saturated carbocycles. The number of esters is 1. The van der Waals surface area contributed by atoms with Crippen LogP contribution in [-0.4, -0.2) is 49.0 Å². The summed E-state index contributed by atoms with van der Waals surface area (Å²) < 4.78 is 40.6. The van der Waals surface area contributed by atoms with Crippen molar-refractivity contribution in [2.45, 2.75) is 38.5 Å². The second kappa shape index (κ2) is 8.83. The standard InChI is InChI=1S/C19H22F2N2O4S/c1-11-15(17(24)26-10-9-25-2)16(22-19(28)23(11)12-7-8-12)13-5-3-4-6-14(13)27-18(20)21/h3-6,12,16,18H,7-10H2,1-2H3,(H,22,28). The molecule has 6 nitrogen and oxygen atoms in total. The second-order valence-corrected chi connectivity index (χ2v) is 6.91. The molecule has 0 spiro atoms. The molecule has 0 bridgehead atoms. The number of nitrogens with one attached hydrogen (secondary N) is 1. The summed E-state index contributed by atoms with van der Waals surface area (Å²) in [4.78, 5) is 14.8. The molecule has 1 fully saturated rings. The van der Waals surface area contributed by atoms with Crippen molar-refractivity contribution in [3.8, 4) is 5.75 Å². The third-order valence-corrected chi connectivity index (χ3v) is 4.94. The van der Waals surface area contributed by atoms with Crippen LogP contribution in [0.5, 0.6) is 5.75 Å². The largest absolute Gasteiger partial charge is 0.460 e. The van der Waals surface area contributed by atoms with E-state index in [0.717, 1.165) is 12.8 Å². The molecule has 152 valence electrons. The van der Waals surface area contributed by atoms with Gasteiger partial charge in [-0.3, -0.25) is 0 Å². The Morgan fingerprint density at radius 2 is 2.04 bits per heavy atom. The smallest absolute Gasteiger partial charge is 0.387 e. The van der Waals surface area contributed by atoms with Crippen LogP contribution in [-0.2, 0) is 14.3 Å². The minimum Gasteiger partial charge on any atom is -0.460 e. The Morgan fingerprint density at radius 3 is 2.68 bits per heavy atom. The molecule has 0 saturated heterocycles. The Bertz CT molecular complexity index is 783. The molecule has 0 aromatic heterocycles. The van der Waals surface area contributed by atoms with E-state index in [4.69, 9.17) is 21.7 Å². The molecule has 1 aromatic carbocycles. The van der Waals surface area contributed by atoms with E-state index in [1.165, 1.54) is 13.2 Å². The van der Waals surface area contributed by atoms with Crippen LogP contribution < -0.4 is 10.1 Å². The Labute approximate surface area is 167 Å². The van der Waals surface area contributed by atoms with Crippen molar-refractivity contribution in [2.75, 3.05) is 20.3 Å². The molecule has 28 heavy (non-hydrogen) atoms. The van der Waals surface area contributed by atoms with Gasteiger partial charge >= 0.3 is 12.6 Å². The number of carbonyl (C=O) groups excluding carboxylic acids is 1. The van der Waals surface area contributed by atoms with Gasteiger partial charge in [0.15, 0.2) is 5.11 Å².